The molecule has 4 nitrogen and oxygen atoms in total. The number of fused-ring (bicyclic) bond motifs is 1. The third-order valence-corrected chi connectivity index (χ3v) is 4.99. The molecule has 0 aliphatic carbocycles. The van der Waals surface area contributed by atoms with Crippen LogP contribution in [0, 0.1) is 6.92 Å². The fourth-order valence-corrected chi connectivity index (χ4v) is 3.54. The minimum absolute atomic E-state index is 0.281. The first kappa shape index (κ1) is 13.9. The molecule has 5 heteroatoms. The molecular weight excluding hydrogens is 282 g/mol. The molecule has 0 aliphatic heterocycles. The van der Waals surface area contributed by atoms with Gasteiger partial charge in [0.05, 0.1) is 0 Å². The van der Waals surface area contributed by atoms with Crippen LogP contribution in [-0.2, 0) is 0 Å². The molecule has 0 bridgehead atoms. The summed E-state index contributed by atoms with van der Waals surface area (Å²) in [6, 6.07) is 11.7. The number of aryl methyl sites for hydroxylation is 1. The summed E-state index contributed by atoms with van der Waals surface area (Å²) in [5, 5.41) is 19.6. The van der Waals surface area contributed by atoms with E-state index in [1.807, 2.05) is 37.3 Å². The second kappa shape index (κ2) is 4.77. The zero-order chi connectivity index (χ0) is 15.2. The lowest BCUT2D eigenvalue weighted by molar-refractivity contribution is 0.454. The maximum atomic E-state index is 10.6. The fraction of sp³-hybridized carbons (Fsp3) is 0.250. The molecule has 1 heterocycles. The Morgan fingerprint density at radius 1 is 1.00 bits per heavy atom. The average molecular weight is 301 g/mol. The normalized spacial score (nSPS) is 12.8. The number of aromatic nitrogens is 3. The van der Waals surface area contributed by atoms with Crippen molar-refractivity contribution in [1.29, 1.82) is 0 Å². The summed E-state index contributed by atoms with van der Waals surface area (Å²) in [5.41, 5.74) is 3.39. The van der Waals surface area contributed by atoms with Gasteiger partial charge in [-0.25, -0.2) is 10.0 Å². The number of phenols is 1. The molecule has 3 aromatic rings. The van der Waals surface area contributed by atoms with E-state index in [4.69, 9.17) is 0 Å². The van der Waals surface area contributed by atoms with Crippen molar-refractivity contribution in [3.05, 3.63) is 42.0 Å². The van der Waals surface area contributed by atoms with Gasteiger partial charge in [-0.1, -0.05) is 12.1 Å². The van der Waals surface area contributed by atoms with Gasteiger partial charge in [0, 0.05) is 4.90 Å². The minimum Gasteiger partial charge on any atom is -0.505 e. The average Bonchev–Trinajstić information content (AvgIpc) is 2.83. The molecule has 1 N–H and O–H groups in total. The Morgan fingerprint density at radius 2 is 1.57 bits per heavy atom. The van der Waals surface area contributed by atoms with Gasteiger partial charge < -0.3 is 5.11 Å². The molecule has 0 saturated heterocycles. The molecular formula is C16H19N3OS. The highest BCUT2D eigenvalue weighted by atomic mass is 32.3. The van der Waals surface area contributed by atoms with Crippen molar-refractivity contribution in [3.8, 4) is 11.4 Å². The van der Waals surface area contributed by atoms with E-state index in [2.05, 4.69) is 35.0 Å². The Balaban J connectivity index is 2.24. The lowest BCUT2D eigenvalue weighted by Crippen LogP contribution is -2.03. The molecule has 0 amide bonds. The number of rotatable bonds is 2. The number of hydrogen-bond donors (Lipinski definition) is 1. The maximum Gasteiger partial charge on any atom is 0.155 e. The molecule has 0 unspecified atom stereocenters. The minimum atomic E-state index is -1.04. The summed E-state index contributed by atoms with van der Waals surface area (Å²) in [4.78, 5) is 2.51. The largest absolute Gasteiger partial charge is 0.505 e. The smallest absolute Gasteiger partial charge is 0.155 e. The standard InChI is InChI=1S/C16H19N3OS/c1-11-9-14(16(20)15(10-11)21(2,3)4)19-17-12-7-5-6-8-13(12)18-19/h5-10,20H,1-4H3. The van der Waals surface area contributed by atoms with Gasteiger partial charge in [-0.05, 0) is 55.5 Å². The van der Waals surface area contributed by atoms with Gasteiger partial charge in [-0.15, -0.1) is 15.0 Å². The molecule has 0 aliphatic rings. The van der Waals surface area contributed by atoms with E-state index < -0.39 is 10.0 Å². The van der Waals surface area contributed by atoms with E-state index in [1.54, 1.807) is 0 Å². The molecule has 0 radical (unpaired) electrons. The number of hydrogen-bond acceptors (Lipinski definition) is 3. The Labute approximate surface area is 125 Å². The van der Waals surface area contributed by atoms with Crippen LogP contribution in [0.5, 0.6) is 5.75 Å². The van der Waals surface area contributed by atoms with Crippen LogP contribution in [0.2, 0.25) is 0 Å². The van der Waals surface area contributed by atoms with Crippen molar-refractivity contribution in [2.45, 2.75) is 11.8 Å². The van der Waals surface area contributed by atoms with Crippen LogP contribution in [0.1, 0.15) is 5.56 Å². The van der Waals surface area contributed by atoms with E-state index >= 15 is 0 Å². The molecule has 1 aromatic heterocycles. The highest BCUT2D eigenvalue weighted by Crippen LogP contribution is 2.51. The van der Waals surface area contributed by atoms with Gasteiger partial charge in [0.2, 0.25) is 0 Å². The summed E-state index contributed by atoms with van der Waals surface area (Å²) >= 11 is 0. The quantitative estimate of drug-likeness (QED) is 0.788. The van der Waals surface area contributed by atoms with Gasteiger partial charge >= 0.3 is 0 Å². The van der Waals surface area contributed by atoms with E-state index in [0.29, 0.717) is 5.69 Å². The molecule has 0 saturated carbocycles. The molecule has 21 heavy (non-hydrogen) atoms. The molecule has 110 valence electrons. The second-order valence-electron chi connectivity index (χ2n) is 5.95. The Kier molecular flexibility index (Phi) is 3.17. The van der Waals surface area contributed by atoms with Gasteiger partial charge in [0.1, 0.15) is 16.7 Å². The van der Waals surface area contributed by atoms with Crippen LogP contribution in [0.4, 0.5) is 0 Å². The van der Waals surface area contributed by atoms with Gasteiger partial charge in [-0.2, -0.15) is 0 Å². The maximum absolute atomic E-state index is 10.6. The van der Waals surface area contributed by atoms with Crippen LogP contribution >= 0.6 is 10.0 Å². The van der Waals surface area contributed by atoms with E-state index in [1.165, 1.54) is 4.80 Å². The molecule has 0 fully saturated rings. The SMILES string of the molecule is Cc1cc(-n2nc3ccccc3n2)c(O)c(S(C)(C)C)c1. The van der Waals surface area contributed by atoms with Crippen molar-refractivity contribution in [1.82, 2.24) is 15.0 Å². The van der Waals surface area contributed by atoms with Crippen LogP contribution < -0.4 is 0 Å². The molecule has 2 aromatic carbocycles. The van der Waals surface area contributed by atoms with Gasteiger partial charge in [-0.3, -0.25) is 0 Å². The summed E-state index contributed by atoms with van der Waals surface area (Å²) < 4.78 is 0. The van der Waals surface area contributed by atoms with E-state index in [-0.39, 0.29) is 5.75 Å². The summed E-state index contributed by atoms with van der Waals surface area (Å²) in [6.45, 7) is 2.03. The fourth-order valence-electron chi connectivity index (χ4n) is 2.31. The summed E-state index contributed by atoms with van der Waals surface area (Å²) in [5.74, 6) is 0.281. The van der Waals surface area contributed by atoms with Gasteiger partial charge in [0.25, 0.3) is 0 Å². The molecule has 3 rings (SSSR count). The highest BCUT2D eigenvalue weighted by molar-refractivity contribution is 8.32. The van der Waals surface area contributed by atoms with Crippen LogP contribution in [0.25, 0.3) is 16.7 Å². The zero-order valence-corrected chi connectivity index (χ0v) is 13.5. The van der Waals surface area contributed by atoms with Crippen molar-refractivity contribution in [3.63, 3.8) is 0 Å². The van der Waals surface area contributed by atoms with Crippen molar-refractivity contribution in [2.75, 3.05) is 18.8 Å². The predicted molar refractivity (Wildman–Crippen MR) is 88.9 cm³/mol. The molecule has 0 atom stereocenters. The van der Waals surface area contributed by atoms with E-state index in [0.717, 1.165) is 21.5 Å². The van der Waals surface area contributed by atoms with E-state index in [9.17, 15) is 5.11 Å². The first-order valence-electron chi connectivity index (χ1n) is 6.71. The van der Waals surface area contributed by atoms with Crippen LogP contribution in [0.15, 0.2) is 41.3 Å². The first-order chi connectivity index (χ1) is 9.86. The number of nitrogens with zero attached hydrogens (tertiary/aromatic N) is 3. The zero-order valence-electron chi connectivity index (χ0n) is 12.7. The number of benzene rings is 2. The number of aromatic hydroxyl groups is 1. The second-order valence-corrected chi connectivity index (χ2v) is 10.1. The van der Waals surface area contributed by atoms with Crippen molar-refractivity contribution in [2.24, 2.45) is 0 Å². The van der Waals surface area contributed by atoms with Crippen molar-refractivity contribution < 1.29 is 5.11 Å². The lowest BCUT2D eigenvalue weighted by Gasteiger charge is -2.27. The third-order valence-electron chi connectivity index (χ3n) is 3.36. The highest BCUT2D eigenvalue weighted by Gasteiger charge is 2.19. The lowest BCUT2D eigenvalue weighted by atomic mass is 10.2. The van der Waals surface area contributed by atoms with Crippen LogP contribution in [-0.4, -0.2) is 38.9 Å². The monoisotopic (exact) mass is 301 g/mol. The topological polar surface area (TPSA) is 50.9 Å². The molecule has 0 spiro atoms. The third kappa shape index (κ3) is 2.49. The van der Waals surface area contributed by atoms with Gasteiger partial charge in [0.15, 0.2) is 5.75 Å². The Bertz CT molecular complexity index is 785. The predicted octanol–water partition coefficient (Wildman–Crippen LogP) is 3.49. The van der Waals surface area contributed by atoms with Crippen LogP contribution in [0.3, 0.4) is 0 Å². The first-order valence-corrected chi connectivity index (χ1v) is 9.56. The van der Waals surface area contributed by atoms with Crippen molar-refractivity contribution >= 4 is 21.1 Å². The Morgan fingerprint density at radius 3 is 2.10 bits per heavy atom. The summed E-state index contributed by atoms with van der Waals surface area (Å²) in [7, 11) is -1.04. The summed E-state index contributed by atoms with van der Waals surface area (Å²) in [6.07, 6.45) is 6.49. The Hall–Kier alpha value is -2.01. The number of phenolic OH excluding ortho intramolecular Hbond substituents is 1.